The van der Waals surface area contributed by atoms with Crippen molar-refractivity contribution in [3.8, 4) is 0 Å². The molecule has 0 spiro atoms. The van der Waals surface area contributed by atoms with Crippen LogP contribution in [0, 0.1) is 0 Å². The molecule has 1 aromatic carbocycles. The van der Waals surface area contributed by atoms with Crippen LogP contribution in [0.2, 0.25) is 0 Å². The molecule has 2 aromatic rings. The number of benzene rings is 1. The zero-order chi connectivity index (χ0) is 12.8. The van der Waals surface area contributed by atoms with Crippen LogP contribution >= 0.6 is 0 Å². The largest absolute Gasteiger partial charge is 0.322 e. The van der Waals surface area contributed by atoms with E-state index in [1.165, 1.54) is 5.56 Å². The van der Waals surface area contributed by atoms with E-state index in [0.717, 1.165) is 18.5 Å². The first-order chi connectivity index (χ1) is 8.79. The number of aromatic nitrogens is 1. The maximum absolute atomic E-state index is 11.9. The summed E-state index contributed by atoms with van der Waals surface area (Å²) in [6, 6.07) is 11.4. The second-order valence-electron chi connectivity index (χ2n) is 4.14. The van der Waals surface area contributed by atoms with Crippen molar-refractivity contribution in [3.05, 3.63) is 59.9 Å². The normalized spacial score (nSPS) is 9.53. The summed E-state index contributed by atoms with van der Waals surface area (Å²) in [7, 11) is 0. The number of carbonyl (C=O) groups is 1. The molecule has 0 saturated carbocycles. The summed E-state index contributed by atoms with van der Waals surface area (Å²) in [5.41, 5.74) is 2.72. The predicted octanol–water partition coefficient (Wildman–Crippen LogP) is 3.53. The summed E-state index contributed by atoms with van der Waals surface area (Å²) in [6.45, 7) is 2.15. The van der Waals surface area contributed by atoms with Gasteiger partial charge in [0.25, 0.3) is 5.91 Å². The van der Waals surface area contributed by atoms with Gasteiger partial charge in [-0.25, -0.2) is 0 Å². The van der Waals surface area contributed by atoms with E-state index in [0.29, 0.717) is 5.56 Å². The van der Waals surface area contributed by atoms with Gasteiger partial charge in [0.15, 0.2) is 0 Å². The molecule has 3 nitrogen and oxygen atoms in total. The number of hydrogen-bond donors (Lipinski definition) is 1. The Labute approximate surface area is 126 Å². The zero-order valence-corrected chi connectivity index (χ0v) is 12.2. The topological polar surface area (TPSA) is 42.0 Å². The average Bonchev–Trinajstić information content (AvgIpc) is 2.42. The summed E-state index contributed by atoms with van der Waals surface area (Å²) >= 11 is 0. The van der Waals surface area contributed by atoms with E-state index in [9.17, 15) is 4.79 Å². The van der Waals surface area contributed by atoms with Crippen molar-refractivity contribution in [1.29, 1.82) is 0 Å². The smallest absolute Gasteiger partial charge is 0.255 e. The summed E-state index contributed by atoms with van der Waals surface area (Å²) in [6.07, 6.45) is 5.42. The van der Waals surface area contributed by atoms with E-state index in [2.05, 4.69) is 17.2 Å². The summed E-state index contributed by atoms with van der Waals surface area (Å²) < 4.78 is 0. The second kappa shape index (κ2) is 7.77. The number of hydrogen-bond acceptors (Lipinski definition) is 2. The van der Waals surface area contributed by atoms with Gasteiger partial charge in [0.1, 0.15) is 0 Å². The fourth-order valence-electron chi connectivity index (χ4n) is 1.75. The van der Waals surface area contributed by atoms with Crippen LogP contribution in [-0.4, -0.2) is 10.9 Å². The molecule has 99 valence electrons. The molecule has 0 fully saturated rings. The molecule has 0 bridgehead atoms. The molecule has 1 heterocycles. The van der Waals surface area contributed by atoms with Crippen molar-refractivity contribution in [2.24, 2.45) is 0 Å². The Bertz CT molecular complexity index is 517. The van der Waals surface area contributed by atoms with Gasteiger partial charge in [-0.15, -0.1) is 0 Å². The number of anilines is 1. The molecule has 1 radical (unpaired) electrons. The SMILES string of the molecule is CCCc1ccc(NC(=O)c2ccncc2)cc1.[HH].[V]. The Hall–Kier alpha value is -1.58. The molecular weight excluding hydrogens is 275 g/mol. The molecule has 0 aliphatic heterocycles. The van der Waals surface area contributed by atoms with E-state index in [4.69, 9.17) is 0 Å². The molecule has 0 unspecified atom stereocenters. The minimum Gasteiger partial charge on any atom is -0.322 e. The quantitative estimate of drug-likeness (QED) is 0.937. The third-order valence-electron chi connectivity index (χ3n) is 2.69. The molecule has 4 heteroatoms. The second-order valence-corrected chi connectivity index (χ2v) is 4.14. The third kappa shape index (κ3) is 4.54. The van der Waals surface area contributed by atoms with Gasteiger partial charge in [0, 0.05) is 43.6 Å². The van der Waals surface area contributed by atoms with Crippen LogP contribution in [0.1, 0.15) is 30.7 Å². The van der Waals surface area contributed by atoms with E-state index in [1.807, 2.05) is 24.3 Å². The molecule has 1 N–H and O–H groups in total. The Morgan fingerprint density at radius 1 is 1.16 bits per heavy atom. The monoisotopic (exact) mass is 293 g/mol. The van der Waals surface area contributed by atoms with Crippen LogP contribution in [0.15, 0.2) is 48.8 Å². The van der Waals surface area contributed by atoms with Crippen LogP contribution in [0.5, 0.6) is 0 Å². The Kier molecular flexibility index (Phi) is 6.33. The van der Waals surface area contributed by atoms with Crippen LogP contribution in [0.25, 0.3) is 0 Å². The zero-order valence-electron chi connectivity index (χ0n) is 10.8. The summed E-state index contributed by atoms with van der Waals surface area (Å²) in [5, 5.41) is 2.86. The van der Waals surface area contributed by atoms with Crippen LogP contribution in [-0.2, 0) is 25.0 Å². The van der Waals surface area contributed by atoms with Crippen molar-refractivity contribution < 1.29 is 24.8 Å². The summed E-state index contributed by atoms with van der Waals surface area (Å²) in [4.78, 5) is 15.8. The molecule has 2 rings (SSSR count). The fourth-order valence-corrected chi connectivity index (χ4v) is 1.75. The van der Waals surface area contributed by atoms with Crippen LogP contribution < -0.4 is 5.32 Å². The number of pyridine rings is 1. The molecule has 0 aliphatic carbocycles. The van der Waals surface area contributed by atoms with E-state index in [-0.39, 0.29) is 25.9 Å². The van der Waals surface area contributed by atoms with Gasteiger partial charge in [-0.1, -0.05) is 25.5 Å². The number of rotatable bonds is 4. The average molecular weight is 293 g/mol. The molecule has 0 atom stereocenters. The standard InChI is InChI=1S/C15H16N2O.V.H2/c1-2-3-12-4-6-14(7-5-12)17-15(18)13-8-10-16-11-9-13;;/h4-11H,2-3H2,1H3,(H,17,18);;1H. The van der Waals surface area contributed by atoms with E-state index < -0.39 is 0 Å². The molecular formula is C15H18N2OV. The van der Waals surface area contributed by atoms with Crippen molar-refractivity contribution in [2.45, 2.75) is 19.8 Å². The minimum absolute atomic E-state index is 0. The van der Waals surface area contributed by atoms with Gasteiger partial charge in [-0.2, -0.15) is 0 Å². The van der Waals surface area contributed by atoms with Crippen molar-refractivity contribution in [3.63, 3.8) is 0 Å². The molecule has 0 saturated heterocycles. The van der Waals surface area contributed by atoms with Crippen molar-refractivity contribution in [1.82, 2.24) is 4.98 Å². The Morgan fingerprint density at radius 3 is 2.37 bits per heavy atom. The molecule has 1 aromatic heterocycles. The van der Waals surface area contributed by atoms with E-state index >= 15 is 0 Å². The van der Waals surface area contributed by atoms with Gasteiger partial charge in [-0.3, -0.25) is 9.78 Å². The first-order valence-corrected chi connectivity index (χ1v) is 6.10. The number of carbonyl (C=O) groups excluding carboxylic acids is 1. The Morgan fingerprint density at radius 2 is 1.79 bits per heavy atom. The molecule has 0 aliphatic rings. The maximum Gasteiger partial charge on any atom is 0.255 e. The van der Waals surface area contributed by atoms with Gasteiger partial charge < -0.3 is 5.32 Å². The predicted molar refractivity (Wildman–Crippen MR) is 74.7 cm³/mol. The van der Waals surface area contributed by atoms with Gasteiger partial charge >= 0.3 is 0 Å². The number of nitrogens with one attached hydrogen (secondary N) is 1. The number of aryl methyl sites for hydroxylation is 1. The third-order valence-corrected chi connectivity index (χ3v) is 2.69. The first-order valence-electron chi connectivity index (χ1n) is 6.10. The molecule has 1 amide bonds. The number of amides is 1. The van der Waals surface area contributed by atoms with Gasteiger partial charge in [-0.05, 0) is 36.2 Å². The molecule has 19 heavy (non-hydrogen) atoms. The summed E-state index contributed by atoms with van der Waals surface area (Å²) in [5.74, 6) is -0.111. The first kappa shape index (κ1) is 15.5. The Balaban J connectivity index is 0.00000180. The van der Waals surface area contributed by atoms with Crippen LogP contribution in [0.4, 0.5) is 5.69 Å². The minimum atomic E-state index is -0.111. The fraction of sp³-hybridized carbons (Fsp3) is 0.200. The number of nitrogens with zero attached hydrogens (tertiary/aromatic N) is 1. The van der Waals surface area contributed by atoms with Crippen LogP contribution in [0.3, 0.4) is 0 Å². The van der Waals surface area contributed by atoms with Gasteiger partial charge in [0.2, 0.25) is 0 Å². The van der Waals surface area contributed by atoms with E-state index in [1.54, 1.807) is 24.5 Å². The van der Waals surface area contributed by atoms with Crippen molar-refractivity contribution >= 4 is 11.6 Å². The van der Waals surface area contributed by atoms with Gasteiger partial charge in [0.05, 0.1) is 0 Å². The maximum atomic E-state index is 11.9. The van der Waals surface area contributed by atoms with Crippen molar-refractivity contribution in [2.75, 3.05) is 5.32 Å².